The first kappa shape index (κ1) is 13.2. The van der Waals surface area contributed by atoms with Crippen LogP contribution in [-0.4, -0.2) is 24.8 Å². The Labute approximate surface area is 112 Å². The van der Waals surface area contributed by atoms with Crippen molar-refractivity contribution in [3.63, 3.8) is 0 Å². The average Bonchev–Trinajstić information content (AvgIpc) is 2.90. The molecule has 1 aromatic carbocycles. The van der Waals surface area contributed by atoms with E-state index in [2.05, 4.69) is 0 Å². The fourth-order valence-corrected chi connectivity index (χ4v) is 1.96. The third-order valence-corrected chi connectivity index (χ3v) is 3.05. The van der Waals surface area contributed by atoms with Crippen LogP contribution in [0.4, 0.5) is 0 Å². The molecule has 0 aliphatic rings. The largest absolute Gasteiger partial charge is 0.497 e. The van der Waals surface area contributed by atoms with Gasteiger partial charge < -0.3 is 14.0 Å². The van der Waals surface area contributed by atoms with E-state index in [1.807, 2.05) is 48.1 Å². The number of hydrogen-bond donors (Lipinski definition) is 0. The molecule has 19 heavy (non-hydrogen) atoms. The van der Waals surface area contributed by atoms with E-state index in [9.17, 15) is 4.79 Å². The number of rotatable bonds is 4. The van der Waals surface area contributed by atoms with Crippen LogP contribution in [0.5, 0.6) is 5.75 Å². The number of methoxy groups -OCH3 is 2. The van der Waals surface area contributed by atoms with Gasteiger partial charge >= 0.3 is 5.97 Å². The number of aryl methyl sites for hydroxylation is 1. The number of nitrogens with zero attached hydrogens (tertiary/aromatic N) is 1. The van der Waals surface area contributed by atoms with Crippen molar-refractivity contribution in [1.29, 1.82) is 0 Å². The van der Waals surface area contributed by atoms with Gasteiger partial charge in [-0.15, -0.1) is 0 Å². The molecule has 0 unspecified atom stereocenters. The van der Waals surface area contributed by atoms with Gasteiger partial charge in [-0.25, -0.2) is 4.79 Å². The molecule has 0 amide bonds. The second kappa shape index (κ2) is 5.61. The zero-order valence-corrected chi connectivity index (χ0v) is 11.3. The molecular formula is C15H17NO3. The monoisotopic (exact) mass is 259 g/mol. The van der Waals surface area contributed by atoms with Crippen LogP contribution in [0.1, 0.15) is 17.3 Å². The Kier molecular flexibility index (Phi) is 3.90. The van der Waals surface area contributed by atoms with E-state index in [-0.39, 0.29) is 5.97 Å². The molecule has 2 aromatic rings. The van der Waals surface area contributed by atoms with E-state index >= 15 is 0 Å². The first-order chi connectivity index (χ1) is 9.19. The van der Waals surface area contributed by atoms with Gasteiger partial charge in [0.2, 0.25) is 0 Å². The molecule has 1 heterocycles. The Morgan fingerprint density at radius 3 is 2.37 bits per heavy atom. The SMILES string of the molecule is CCn1cc(C(=O)OC)c(-c2ccc(OC)cc2)c1. The molecule has 0 atom stereocenters. The Balaban J connectivity index is 2.46. The summed E-state index contributed by atoms with van der Waals surface area (Å²) >= 11 is 0. The zero-order valence-electron chi connectivity index (χ0n) is 11.3. The summed E-state index contributed by atoms with van der Waals surface area (Å²) in [6, 6.07) is 7.61. The Hall–Kier alpha value is -2.23. The van der Waals surface area contributed by atoms with Gasteiger partial charge in [0.15, 0.2) is 0 Å². The molecule has 2 rings (SSSR count). The first-order valence-electron chi connectivity index (χ1n) is 6.12. The molecule has 4 heteroatoms. The van der Waals surface area contributed by atoms with Crippen molar-refractivity contribution >= 4 is 5.97 Å². The molecule has 0 saturated heterocycles. The number of carbonyl (C=O) groups is 1. The van der Waals surface area contributed by atoms with Crippen molar-refractivity contribution in [2.45, 2.75) is 13.5 Å². The molecule has 0 radical (unpaired) electrons. The average molecular weight is 259 g/mol. The summed E-state index contributed by atoms with van der Waals surface area (Å²) in [4.78, 5) is 11.8. The van der Waals surface area contributed by atoms with Gasteiger partial charge in [-0.05, 0) is 24.6 Å². The maximum atomic E-state index is 11.8. The van der Waals surface area contributed by atoms with Crippen molar-refractivity contribution in [2.24, 2.45) is 0 Å². The van der Waals surface area contributed by atoms with Crippen molar-refractivity contribution < 1.29 is 14.3 Å². The summed E-state index contributed by atoms with van der Waals surface area (Å²) in [6.45, 7) is 2.83. The van der Waals surface area contributed by atoms with Crippen molar-refractivity contribution in [3.8, 4) is 16.9 Å². The smallest absolute Gasteiger partial charge is 0.340 e. The van der Waals surface area contributed by atoms with Crippen LogP contribution in [0.2, 0.25) is 0 Å². The molecule has 0 spiro atoms. The summed E-state index contributed by atoms with van der Waals surface area (Å²) in [5, 5.41) is 0. The third kappa shape index (κ3) is 2.62. The van der Waals surface area contributed by atoms with Crippen LogP contribution < -0.4 is 4.74 Å². The quantitative estimate of drug-likeness (QED) is 0.792. The summed E-state index contributed by atoms with van der Waals surface area (Å²) < 4.78 is 11.9. The predicted molar refractivity (Wildman–Crippen MR) is 73.4 cm³/mol. The number of hydrogen-bond acceptors (Lipinski definition) is 3. The lowest BCUT2D eigenvalue weighted by Gasteiger charge is -2.04. The molecule has 0 bridgehead atoms. The number of esters is 1. The minimum Gasteiger partial charge on any atom is -0.497 e. The molecule has 1 aromatic heterocycles. The Bertz CT molecular complexity index is 570. The van der Waals surface area contributed by atoms with Gasteiger partial charge in [0, 0.05) is 24.5 Å². The minimum atomic E-state index is -0.321. The van der Waals surface area contributed by atoms with E-state index in [0.29, 0.717) is 5.56 Å². The summed E-state index contributed by atoms with van der Waals surface area (Å²) in [5.41, 5.74) is 2.42. The van der Waals surface area contributed by atoms with Crippen LogP contribution >= 0.6 is 0 Å². The second-order valence-electron chi connectivity index (χ2n) is 4.14. The number of ether oxygens (including phenoxy) is 2. The Morgan fingerprint density at radius 1 is 1.16 bits per heavy atom. The fraction of sp³-hybridized carbons (Fsp3) is 0.267. The number of aromatic nitrogens is 1. The molecule has 100 valence electrons. The molecule has 4 nitrogen and oxygen atoms in total. The molecule has 0 aliphatic heterocycles. The highest BCUT2D eigenvalue weighted by Crippen LogP contribution is 2.27. The lowest BCUT2D eigenvalue weighted by Crippen LogP contribution is -2.01. The second-order valence-corrected chi connectivity index (χ2v) is 4.14. The van der Waals surface area contributed by atoms with E-state index in [4.69, 9.17) is 9.47 Å². The molecular weight excluding hydrogens is 242 g/mol. The lowest BCUT2D eigenvalue weighted by atomic mass is 10.0. The van der Waals surface area contributed by atoms with Gasteiger partial charge in [-0.2, -0.15) is 0 Å². The standard InChI is InChI=1S/C15H17NO3/c1-4-16-9-13(14(10-16)15(17)19-3)11-5-7-12(18-2)8-6-11/h5-10H,4H2,1-3H3. The predicted octanol–water partition coefficient (Wildman–Crippen LogP) is 2.97. The zero-order chi connectivity index (χ0) is 13.8. The van der Waals surface area contributed by atoms with Gasteiger partial charge in [-0.3, -0.25) is 0 Å². The number of benzene rings is 1. The van der Waals surface area contributed by atoms with Gasteiger partial charge in [-0.1, -0.05) is 12.1 Å². The van der Waals surface area contributed by atoms with E-state index in [1.54, 1.807) is 7.11 Å². The van der Waals surface area contributed by atoms with Crippen LogP contribution in [0.25, 0.3) is 11.1 Å². The minimum absolute atomic E-state index is 0.321. The summed E-state index contributed by atoms with van der Waals surface area (Å²) in [7, 11) is 3.02. The summed E-state index contributed by atoms with van der Waals surface area (Å²) in [6.07, 6.45) is 3.76. The number of carbonyl (C=O) groups excluding carboxylic acids is 1. The lowest BCUT2D eigenvalue weighted by molar-refractivity contribution is 0.0601. The fourth-order valence-electron chi connectivity index (χ4n) is 1.96. The maximum Gasteiger partial charge on any atom is 0.340 e. The van der Waals surface area contributed by atoms with E-state index in [0.717, 1.165) is 23.4 Å². The van der Waals surface area contributed by atoms with Crippen LogP contribution in [0.3, 0.4) is 0 Å². The van der Waals surface area contributed by atoms with Gasteiger partial charge in [0.1, 0.15) is 5.75 Å². The van der Waals surface area contributed by atoms with Crippen LogP contribution in [-0.2, 0) is 11.3 Å². The highest BCUT2D eigenvalue weighted by molar-refractivity contribution is 5.97. The highest BCUT2D eigenvalue weighted by atomic mass is 16.5. The van der Waals surface area contributed by atoms with Crippen LogP contribution in [0.15, 0.2) is 36.7 Å². The van der Waals surface area contributed by atoms with Crippen molar-refractivity contribution in [1.82, 2.24) is 4.57 Å². The highest BCUT2D eigenvalue weighted by Gasteiger charge is 2.16. The molecule has 0 fully saturated rings. The molecule has 0 aliphatic carbocycles. The van der Waals surface area contributed by atoms with Crippen molar-refractivity contribution in [3.05, 3.63) is 42.2 Å². The van der Waals surface area contributed by atoms with Crippen molar-refractivity contribution in [2.75, 3.05) is 14.2 Å². The molecule has 0 N–H and O–H groups in total. The first-order valence-corrected chi connectivity index (χ1v) is 6.12. The van der Waals surface area contributed by atoms with E-state index < -0.39 is 0 Å². The van der Waals surface area contributed by atoms with E-state index in [1.165, 1.54) is 7.11 Å². The topological polar surface area (TPSA) is 40.5 Å². The third-order valence-electron chi connectivity index (χ3n) is 3.05. The van der Waals surface area contributed by atoms with Gasteiger partial charge in [0.25, 0.3) is 0 Å². The normalized spacial score (nSPS) is 10.3. The molecule has 0 saturated carbocycles. The maximum absolute atomic E-state index is 11.8. The van der Waals surface area contributed by atoms with Crippen LogP contribution in [0, 0.1) is 0 Å². The summed E-state index contributed by atoms with van der Waals surface area (Å²) in [5.74, 6) is 0.469. The van der Waals surface area contributed by atoms with Gasteiger partial charge in [0.05, 0.1) is 19.8 Å². The Morgan fingerprint density at radius 2 is 1.84 bits per heavy atom.